The van der Waals surface area contributed by atoms with Crippen molar-refractivity contribution < 1.29 is 9.53 Å². The molecule has 0 saturated carbocycles. The Morgan fingerprint density at radius 2 is 2.09 bits per heavy atom. The molecule has 0 spiro atoms. The summed E-state index contributed by atoms with van der Waals surface area (Å²) in [6.07, 6.45) is 6.24. The van der Waals surface area contributed by atoms with Gasteiger partial charge in [-0.3, -0.25) is 14.2 Å². The zero-order chi connectivity index (χ0) is 22.3. The molecule has 1 unspecified atom stereocenters. The van der Waals surface area contributed by atoms with Gasteiger partial charge in [-0.2, -0.15) is 0 Å². The maximum atomic E-state index is 13.3. The Kier molecular flexibility index (Phi) is 5.00. The number of ether oxygens (including phenoxy) is 1. The van der Waals surface area contributed by atoms with Gasteiger partial charge in [0.05, 0.1) is 23.0 Å². The normalized spacial score (nSPS) is 18.8. The molecule has 0 bridgehead atoms. The molecule has 32 heavy (non-hydrogen) atoms. The molecule has 8 nitrogen and oxygen atoms in total. The van der Waals surface area contributed by atoms with Gasteiger partial charge >= 0.3 is 0 Å². The van der Waals surface area contributed by atoms with Gasteiger partial charge in [0.15, 0.2) is 0 Å². The molecular weight excluding hydrogens is 406 g/mol. The van der Waals surface area contributed by atoms with E-state index in [-0.39, 0.29) is 23.1 Å². The van der Waals surface area contributed by atoms with Crippen molar-refractivity contribution in [1.29, 1.82) is 0 Å². The number of fused-ring (bicyclic) bond motifs is 2. The van der Waals surface area contributed by atoms with Crippen LogP contribution in [0, 0.1) is 0 Å². The predicted octanol–water partition coefficient (Wildman–Crippen LogP) is 3.07. The summed E-state index contributed by atoms with van der Waals surface area (Å²) in [5.74, 6) is 0.981. The molecule has 1 N–H and O–H groups in total. The second-order valence-corrected chi connectivity index (χ2v) is 8.94. The lowest BCUT2D eigenvalue weighted by Gasteiger charge is -2.21. The van der Waals surface area contributed by atoms with Crippen molar-refractivity contribution in [2.24, 2.45) is 0 Å². The van der Waals surface area contributed by atoms with E-state index in [1.54, 1.807) is 22.9 Å². The van der Waals surface area contributed by atoms with Gasteiger partial charge in [-0.25, -0.2) is 15.0 Å². The lowest BCUT2D eigenvalue weighted by molar-refractivity contribution is 0.0918. The minimum Gasteiger partial charge on any atom is -0.486 e. The molecule has 1 amide bonds. The van der Waals surface area contributed by atoms with Gasteiger partial charge in [-0.15, -0.1) is 0 Å². The summed E-state index contributed by atoms with van der Waals surface area (Å²) >= 11 is 0. The molecule has 2 aliphatic rings. The van der Waals surface area contributed by atoms with E-state index >= 15 is 0 Å². The summed E-state index contributed by atoms with van der Waals surface area (Å²) in [5.41, 5.74) is 2.12. The third-order valence-corrected chi connectivity index (χ3v) is 5.96. The summed E-state index contributed by atoms with van der Waals surface area (Å²) in [7, 11) is 0. The quantitative estimate of drug-likeness (QED) is 0.684. The van der Waals surface area contributed by atoms with Crippen molar-refractivity contribution in [3.8, 4) is 17.1 Å². The SMILES string of the molecule is CC1(C)Cc2cccc(C(=O)NC3CCCCn4c3nc(-c3ccncn3)cc4=O)c2O1. The van der Waals surface area contributed by atoms with Crippen molar-refractivity contribution >= 4 is 5.91 Å². The summed E-state index contributed by atoms with van der Waals surface area (Å²) in [6.45, 7) is 4.61. The van der Waals surface area contributed by atoms with Crippen molar-refractivity contribution in [3.63, 3.8) is 0 Å². The number of hydrogen-bond donors (Lipinski definition) is 1. The van der Waals surface area contributed by atoms with Gasteiger partial charge in [0.1, 0.15) is 23.5 Å². The zero-order valence-electron chi connectivity index (χ0n) is 18.2. The third-order valence-electron chi connectivity index (χ3n) is 5.96. The van der Waals surface area contributed by atoms with E-state index in [2.05, 4.69) is 15.3 Å². The van der Waals surface area contributed by atoms with Crippen LogP contribution in [0.5, 0.6) is 5.75 Å². The van der Waals surface area contributed by atoms with E-state index in [1.165, 1.54) is 12.4 Å². The first kappa shape index (κ1) is 20.4. The van der Waals surface area contributed by atoms with Crippen LogP contribution < -0.4 is 15.6 Å². The Bertz CT molecular complexity index is 1240. The van der Waals surface area contributed by atoms with E-state index in [0.29, 0.717) is 41.5 Å². The van der Waals surface area contributed by atoms with Crippen LogP contribution in [0.2, 0.25) is 0 Å². The summed E-state index contributed by atoms with van der Waals surface area (Å²) in [4.78, 5) is 39.1. The highest BCUT2D eigenvalue weighted by molar-refractivity contribution is 5.97. The van der Waals surface area contributed by atoms with Gasteiger partial charge in [0.25, 0.3) is 11.5 Å². The molecule has 2 aromatic heterocycles. The maximum Gasteiger partial charge on any atom is 0.255 e. The standard InChI is InChI=1S/C24H25N5O3/c1-24(2)13-15-6-5-7-16(21(15)32-24)23(31)28-18-8-3-4-11-29-20(30)12-19(27-22(18)29)17-9-10-25-14-26-17/h5-7,9-10,12,14,18H,3-4,8,11,13H2,1-2H3,(H,28,31). The van der Waals surface area contributed by atoms with E-state index in [9.17, 15) is 9.59 Å². The van der Waals surface area contributed by atoms with Crippen LogP contribution in [0.15, 0.2) is 47.7 Å². The lowest BCUT2D eigenvalue weighted by Crippen LogP contribution is -2.34. The average molecular weight is 431 g/mol. The largest absolute Gasteiger partial charge is 0.486 e. The van der Waals surface area contributed by atoms with E-state index < -0.39 is 0 Å². The fraction of sp³-hybridized carbons (Fsp3) is 0.375. The number of para-hydroxylation sites is 1. The van der Waals surface area contributed by atoms with E-state index in [4.69, 9.17) is 9.72 Å². The molecular formula is C24H25N5O3. The molecule has 8 heteroatoms. The lowest BCUT2D eigenvalue weighted by atomic mass is 10.00. The molecule has 1 aromatic carbocycles. The second kappa shape index (κ2) is 7.85. The van der Waals surface area contributed by atoms with Crippen LogP contribution in [-0.2, 0) is 13.0 Å². The summed E-state index contributed by atoms with van der Waals surface area (Å²) in [5, 5.41) is 3.12. The average Bonchev–Trinajstić information content (AvgIpc) is 2.96. The molecule has 5 rings (SSSR count). The number of amides is 1. The van der Waals surface area contributed by atoms with Gasteiger partial charge in [-0.05, 0) is 50.8 Å². The Morgan fingerprint density at radius 3 is 2.91 bits per heavy atom. The minimum atomic E-state index is -0.384. The number of benzene rings is 1. The number of carbonyl (C=O) groups excluding carboxylic acids is 1. The molecule has 4 heterocycles. The van der Waals surface area contributed by atoms with Crippen LogP contribution >= 0.6 is 0 Å². The number of aromatic nitrogens is 4. The van der Waals surface area contributed by atoms with E-state index in [1.807, 2.05) is 26.0 Å². The van der Waals surface area contributed by atoms with Crippen molar-refractivity contribution in [3.05, 3.63) is 70.2 Å². The Balaban J connectivity index is 1.50. The minimum absolute atomic E-state index is 0.143. The molecule has 0 aliphatic carbocycles. The highest BCUT2D eigenvalue weighted by Gasteiger charge is 2.34. The Hall–Kier alpha value is -3.55. The summed E-state index contributed by atoms with van der Waals surface area (Å²) < 4.78 is 7.74. The maximum absolute atomic E-state index is 13.3. The number of nitrogens with zero attached hydrogens (tertiary/aromatic N) is 4. The van der Waals surface area contributed by atoms with Gasteiger partial charge < -0.3 is 10.1 Å². The molecule has 0 radical (unpaired) electrons. The monoisotopic (exact) mass is 431 g/mol. The van der Waals surface area contributed by atoms with Crippen molar-refractivity contribution in [2.45, 2.75) is 57.7 Å². The molecule has 0 fully saturated rings. The second-order valence-electron chi connectivity index (χ2n) is 8.94. The smallest absolute Gasteiger partial charge is 0.255 e. The zero-order valence-corrected chi connectivity index (χ0v) is 18.2. The van der Waals surface area contributed by atoms with Gasteiger partial charge in [-0.1, -0.05) is 12.1 Å². The first-order chi connectivity index (χ1) is 15.4. The van der Waals surface area contributed by atoms with Crippen LogP contribution in [0.4, 0.5) is 0 Å². The first-order valence-corrected chi connectivity index (χ1v) is 10.9. The molecule has 1 atom stereocenters. The van der Waals surface area contributed by atoms with Gasteiger partial charge in [0.2, 0.25) is 0 Å². The van der Waals surface area contributed by atoms with Crippen molar-refractivity contribution in [1.82, 2.24) is 24.8 Å². The fourth-order valence-electron chi connectivity index (χ4n) is 4.50. The highest BCUT2D eigenvalue weighted by Crippen LogP contribution is 2.38. The molecule has 0 saturated heterocycles. The van der Waals surface area contributed by atoms with Crippen molar-refractivity contribution in [2.75, 3.05) is 0 Å². The third kappa shape index (κ3) is 3.77. The van der Waals surface area contributed by atoms with Crippen LogP contribution in [-0.4, -0.2) is 31.0 Å². The predicted molar refractivity (Wildman–Crippen MR) is 118 cm³/mol. The van der Waals surface area contributed by atoms with Crippen LogP contribution in [0.1, 0.15) is 60.9 Å². The number of hydrogen-bond acceptors (Lipinski definition) is 6. The van der Waals surface area contributed by atoms with Crippen LogP contribution in [0.25, 0.3) is 11.4 Å². The molecule has 2 aliphatic heterocycles. The molecule has 164 valence electrons. The first-order valence-electron chi connectivity index (χ1n) is 10.9. The number of rotatable bonds is 3. The number of carbonyl (C=O) groups is 1. The molecule has 3 aromatic rings. The highest BCUT2D eigenvalue weighted by atomic mass is 16.5. The topological polar surface area (TPSA) is 99.0 Å². The van der Waals surface area contributed by atoms with E-state index in [0.717, 1.165) is 24.8 Å². The summed E-state index contributed by atoms with van der Waals surface area (Å²) in [6, 6.07) is 8.49. The number of nitrogens with one attached hydrogen (secondary N) is 1. The fourth-order valence-corrected chi connectivity index (χ4v) is 4.50. The van der Waals surface area contributed by atoms with Gasteiger partial charge in [0, 0.05) is 25.2 Å². The van der Waals surface area contributed by atoms with Crippen LogP contribution in [0.3, 0.4) is 0 Å². The Labute approximate surface area is 185 Å². The Morgan fingerprint density at radius 1 is 1.22 bits per heavy atom.